The Morgan fingerprint density at radius 3 is 2.94 bits per heavy atom. The van der Waals surface area contributed by atoms with E-state index in [0.717, 1.165) is 0 Å². The van der Waals surface area contributed by atoms with E-state index in [1.165, 1.54) is 23.1 Å². The van der Waals surface area contributed by atoms with E-state index in [2.05, 4.69) is 22.1 Å². The maximum Gasteiger partial charge on any atom is 0.318 e. The molecule has 0 unspecified atom stereocenters. The lowest BCUT2D eigenvalue weighted by Crippen LogP contribution is -2.39. The first kappa shape index (κ1) is 14.5. The van der Waals surface area contributed by atoms with Crippen molar-refractivity contribution < 1.29 is 9.59 Å². The number of carbonyl (C=O) groups is 2. The average Bonchev–Trinajstić information content (AvgIpc) is 2.73. The third-order valence-corrected chi connectivity index (χ3v) is 3.76. The lowest BCUT2D eigenvalue weighted by atomic mass is 10.4. The van der Waals surface area contributed by atoms with E-state index in [1.54, 1.807) is 13.0 Å². The third-order valence-electron chi connectivity index (χ3n) is 1.70. The van der Waals surface area contributed by atoms with Gasteiger partial charge in [0.05, 0.1) is 5.25 Å². The summed E-state index contributed by atoms with van der Waals surface area (Å²) in [6, 6.07) is -0.863. The molecule has 0 fully saturated rings. The number of aromatic nitrogens is 2. The molecule has 0 spiro atoms. The molecule has 1 aromatic heterocycles. The lowest BCUT2D eigenvalue weighted by molar-refractivity contribution is -0.119. The Labute approximate surface area is 112 Å². The van der Waals surface area contributed by atoms with Gasteiger partial charge in [0.1, 0.15) is 0 Å². The van der Waals surface area contributed by atoms with E-state index < -0.39 is 17.2 Å². The van der Waals surface area contributed by atoms with Gasteiger partial charge in [-0.25, -0.2) is 4.79 Å². The van der Waals surface area contributed by atoms with Crippen molar-refractivity contribution in [3.05, 3.63) is 12.7 Å². The van der Waals surface area contributed by atoms with Crippen LogP contribution in [0.4, 0.5) is 9.93 Å². The Morgan fingerprint density at radius 2 is 2.33 bits per heavy atom. The van der Waals surface area contributed by atoms with Crippen molar-refractivity contribution in [2.24, 2.45) is 5.73 Å². The minimum atomic E-state index is -0.863. The highest BCUT2D eigenvalue weighted by Gasteiger charge is 2.18. The van der Waals surface area contributed by atoms with Crippen LogP contribution in [-0.4, -0.2) is 33.9 Å². The highest BCUT2D eigenvalue weighted by atomic mass is 32.2. The molecule has 0 aliphatic carbocycles. The Bertz CT molecular complexity index is 448. The number of carbonyl (C=O) groups excluding carboxylic acids is 2. The van der Waals surface area contributed by atoms with Crippen LogP contribution in [0.2, 0.25) is 0 Å². The number of nitrogens with two attached hydrogens (primary N) is 1. The number of amides is 3. The summed E-state index contributed by atoms with van der Waals surface area (Å²) in [5.41, 5.74) is 4.86. The van der Waals surface area contributed by atoms with Gasteiger partial charge in [0.2, 0.25) is 11.0 Å². The van der Waals surface area contributed by atoms with Gasteiger partial charge in [0.15, 0.2) is 4.34 Å². The quantitative estimate of drug-likeness (QED) is 0.527. The number of rotatable bonds is 6. The molecule has 18 heavy (non-hydrogen) atoms. The third kappa shape index (κ3) is 4.72. The minimum Gasteiger partial charge on any atom is -0.357 e. The fourth-order valence-electron chi connectivity index (χ4n) is 0.916. The number of nitrogens with one attached hydrogen (secondary N) is 2. The highest BCUT2D eigenvalue weighted by Crippen LogP contribution is 2.28. The summed E-state index contributed by atoms with van der Waals surface area (Å²) in [4.78, 5) is 22.0. The summed E-state index contributed by atoms with van der Waals surface area (Å²) >= 11 is 2.53. The molecular formula is C9H13N5O2S2. The van der Waals surface area contributed by atoms with Gasteiger partial charge in [-0.15, -0.1) is 16.8 Å². The topological polar surface area (TPSA) is 110 Å². The van der Waals surface area contributed by atoms with Gasteiger partial charge in [-0.1, -0.05) is 29.2 Å². The summed E-state index contributed by atoms with van der Waals surface area (Å²) in [7, 11) is 0. The fourth-order valence-corrected chi connectivity index (χ4v) is 2.82. The van der Waals surface area contributed by atoms with Crippen molar-refractivity contribution in [3.8, 4) is 0 Å². The zero-order chi connectivity index (χ0) is 13.5. The predicted molar refractivity (Wildman–Crippen MR) is 71.6 cm³/mol. The van der Waals surface area contributed by atoms with E-state index in [1.807, 2.05) is 5.32 Å². The van der Waals surface area contributed by atoms with Gasteiger partial charge < -0.3 is 11.1 Å². The first-order chi connectivity index (χ1) is 8.52. The molecule has 1 aromatic rings. The number of imide groups is 1. The van der Waals surface area contributed by atoms with Crippen LogP contribution in [0.1, 0.15) is 6.92 Å². The van der Waals surface area contributed by atoms with Crippen LogP contribution in [0.3, 0.4) is 0 Å². The molecule has 0 saturated heterocycles. The second-order valence-electron chi connectivity index (χ2n) is 3.16. The van der Waals surface area contributed by atoms with Crippen molar-refractivity contribution in [2.45, 2.75) is 16.5 Å². The largest absolute Gasteiger partial charge is 0.357 e. The maximum atomic E-state index is 11.4. The average molecular weight is 287 g/mol. The van der Waals surface area contributed by atoms with Crippen molar-refractivity contribution in [1.29, 1.82) is 0 Å². The number of thioether (sulfide) groups is 1. The monoisotopic (exact) mass is 287 g/mol. The normalized spacial score (nSPS) is 11.6. The van der Waals surface area contributed by atoms with Crippen molar-refractivity contribution in [3.63, 3.8) is 0 Å². The van der Waals surface area contributed by atoms with Crippen molar-refractivity contribution >= 4 is 40.2 Å². The Hall–Kier alpha value is -1.61. The molecule has 1 rings (SSSR count). The van der Waals surface area contributed by atoms with Crippen LogP contribution in [0.5, 0.6) is 0 Å². The van der Waals surface area contributed by atoms with E-state index in [9.17, 15) is 9.59 Å². The molecule has 98 valence electrons. The lowest BCUT2D eigenvalue weighted by Gasteiger charge is -2.06. The van der Waals surface area contributed by atoms with Gasteiger partial charge in [0, 0.05) is 6.54 Å². The molecular weight excluding hydrogens is 274 g/mol. The van der Waals surface area contributed by atoms with Gasteiger partial charge in [-0.2, -0.15) is 0 Å². The number of anilines is 1. The smallest absolute Gasteiger partial charge is 0.318 e. The van der Waals surface area contributed by atoms with E-state index in [0.29, 0.717) is 16.0 Å². The second kappa shape index (κ2) is 6.97. The number of hydrogen-bond acceptors (Lipinski definition) is 7. The summed E-state index contributed by atoms with van der Waals surface area (Å²) in [6.45, 7) is 5.82. The van der Waals surface area contributed by atoms with Crippen LogP contribution in [-0.2, 0) is 4.79 Å². The van der Waals surface area contributed by atoms with Crippen LogP contribution < -0.4 is 16.4 Å². The van der Waals surface area contributed by atoms with Gasteiger partial charge >= 0.3 is 6.03 Å². The predicted octanol–water partition coefficient (Wildman–Crippen LogP) is 0.812. The molecule has 3 amide bonds. The summed E-state index contributed by atoms with van der Waals surface area (Å²) in [5.74, 6) is -0.455. The zero-order valence-electron chi connectivity index (χ0n) is 9.67. The second-order valence-corrected chi connectivity index (χ2v) is 5.72. The van der Waals surface area contributed by atoms with Crippen LogP contribution in [0, 0.1) is 0 Å². The number of urea groups is 1. The highest BCUT2D eigenvalue weighted by molar-refractivity contribution is 8.02. The van der Waals surface area contributed by atoms with Crippen LogP contribution in [0.15, 0.2) is 17.0 Å². The maximum absolute atomic E-state index is 11.4. The van der Waals surface area contributed by atoms with Gasteiger partial charge in [0.25, 0.3) is 0 Å². The molecule has 1 heterocycles. The molecule has 0 aliphatic heterocycles. The van der Waals surface area contributed by atoms with E-state index in [4.69, 9.17) is 5.73 Å². The van der Waals surface area contributed by atoms with Gasteiger partial charge in [-0.05, 0) is 6.92 Å². The Morgan fingerprint density at radius 1 is 1.61 bits per heavy atom. The zero-order valence-corrected chi connectivity index (χ0v) is 11.3. The van der Waals surface area contributed by atoms with Gasteiger partial charge in [-0.3, -0.25) is 10.1 Å². The van der Waals surface area contributed by atoms with E-state index in [-0.39, 0.29) is 0 Å². The van der Waals surface area contributed by atoms with Crippen LogP contribution >= 0.6 is 23.1 Å². The summed E-state index contributed by atoms with van der Waals surface area (Å²) in [6.07, 6.45) is 1.71. The number of nitrogens with zero attached hydrogens (tertiary/aromatic N) is 2. The SMILES string of the molecule is C=CCNc1nnc(S[C@@H](C)C(=O)NC(N)=O)s1. The Balaban J connectivity index is 2.51. The molecule has 0 aromatic carbocycles. The number of primary amides is 1. The van der Waals surface area contributed by atoms with Crippen molar-refractivity contribution in [1.82, 2.24) is 15.5 Å². The molecule has 1 atom stereocenters. The molecule has 0 saturated carbocycles. The molecule has 4 N–H and O–H groups in total. The first-order valence-electron chi connectivity index (χ1n) is 4.98. The first-order valence-corrected chi connectivity index (χ1v) is 6.67. The molecule has 0 bridgehead atoms. The molecule has 7 nitrogen and oxygen atoms in total. The number of hydrogen-bond donors (Lipinski definition) is 3. The standard InChI is InChI=1S/C9H13N5O2S2/c1-3-4-11-8-13-14-9(18-8)17-5(2)6(15)12-7(10)16/h3,5H,1,4H2,2H3,(H,11,13)(H3,10,12,15,16)/t5-/m0/s1. The molecule has 0 radical (unpaired) electrons. The molecule has 0 aliphatic rings. The fraction of sp³-hybridized carbons (Fsp3) is 0.333. The minimum absolute atomic E-state index is 0.455. The Kier molecular flexibility index (Phi) is 5.59. The van der Waals surface area contributed by atoms with Crippen LogP contribution in [0.25, 0.3) is 0 Å². The summed E-state index contributed by atoms with van der Waals surface area (Å²) in [5, 5.41) is 13.0. The van der Waals surface area contributed by atoms with Crippen molar-refractivity contribution in [2.75, 3.05) is 11.9 Å². The molecule has 9 heteroatoms. The summed E-state index contributed by atoms with van der Waals surface area (Å²) < 4.78 is 0.633. The van der Waals surface area contributed by atoms with E-state index >= 15 is 0 Å².